The van der Waals surface area contributed by atoms with Gasteiger partial charge in [-0.3, -0.25) is 9.88 Å². The molecule has 128 valence electrons. The van der Waals surface area contributed by atoms with Crippen LogP contribution in [0.2, 0.25) is 0 Å². The minimum atomic E-state index is -0.0568. The van der Waals surface area contributed by atoms with Gasteiger partial charge in [-0.1, -0.05) is 0 Å². The molecule has 0 saturated carbocycles. The summed E-state index contributed by atoms with van der Waals surface area (Å²) in [5.41, 5.74) is 3.89. The standard InChI is InChI=1S/C17H22N4O2S/c1-12-6-18-7-16(20-12)23-14-3-4-22-17(5-14)9-21(10-17)8-15-13(2)19-11-24-15/h6-7,11,14H,3-5,8-10H2,1-2H3. The van der Waals surface area contributed by atoms with E-state index in [0.717, 1.165) is 50.5 Å². The van der Waals surface area contributed by atoms with Gasteiger partial charge in [0, 0.05) is 43.5 Å². The van der Waals surface area contributed by atoms with Crippen LogP contribution in [0.5, 0.6) is 5.88 Å². The summed E-state index contributed by atoms with van der Waals surface area (Å²) in [6.45, 7) is 7.64. The van der Waals surface area contributed by atoms with Crippen molar-refractivity contribution in [1.29, 1.82) is 0 Å². The maximum absolute atomic E-state index is 6.10. The number of ether oxygens (including phenoxy) is 2. The Morgan fingerprint density at radius 2 is 2.25 bits per heavy atom. The predicted octanol–water partition coefficient (Wildman–Crippen LogP) is 2.36. The smallest absolute Gasteiger partial charge is 0.232 e. The molecule has 1 atom stereocenters. The topological polar surface area (TPSA) is 60.4 Å². The van der Waals surface area contributed by atoms with Crippen LogP contribution in [0.4, 0.5) is 0 Å². The molecule has 0 N–H and O–H groups in total. The Balaban J connectivity index is 1.33. The van der Waals surface area contributed by atoms with Crippen molar-refractivity contribution < 1.29 is 9.47 Å². The summed E-state index contributed by atoms with van der Waals surface area (Å²) in [5, 5.41) is 0. The average molecular weight is 346 g/mol. The highest BCUT2D eigenvalue weighted by Crippen LogP contribution is 2.36. The van der Waals surface area contributed by atoms with Crippen LogP contribution in [-0.4, -0.2) is 51.3 Å². The molecular weight excluding hydrogens is 324 g/mol. The van der Waals surface area contributed by atoms with Gasteiger partial charge in [0.15, 0.2) is 0 Å². The lowest BCUT2D eigenvalue weighted by Crippen LogP contribution is -2.65. The number of likely N-dealkylation sites (tertiary alicyclic amines) is 1. The molecule has 24 heavy (non-hydrogen) atoms. The highest BCUT2D eigenvalue weighted by Gasteiger charge is 2.48. The minimum absolute atomic E-state index is 0.0568. The lowest BCUT2D eigenvalue weighted by atomic mass is 9.84. The third-order valence-corrected chi connectivity index (χ3v) is 5.62. The molecule has 4 heterocycles. The molecule has 4 rings (SSSR count). The molecule has 0 bridgehead atoms. The highest BCUT2D eigenvalue weighted by atomic mass is 32.1. The first-order valence-electron chi connectivity index (χ1n) is 8.32. The zero-order valence-electron chi connectivity index (χ0n) is 14.1. The van der Waals surface area contributed by atoms with Crippen LogP contribution in [0.15, 0.2) is 17.9 Å². The van der Waals surface area contributed by atoms with E-state index in [1.165, 1.54) is 4.88 Å². The number of rotatable bonds is 4. The van der Waals surface area contributed by atoms with Crippen molar-refractivity contribution in [3.63, 3.8) is 0 Å². The predicted molar refractivity (Wildman–Crippen MR) is 91.2 cm³/mol. The van der Waals surface area contributed by atoms with Crippen molar-refractivity contribution in [2.45, 2.75) is 44.9 Å². The molecule has 0 aromatic carbocycles. The molecule has 7 heteroatoms. The van der Waals surface area contributed by atoms with Gasteiger partial charge in [0.1, 0.15) is 6.10 Å². The number of nitrogens with zero attached hydrogens (tertiary/aromatic N) is 4. The lowest BCUT2D eigenvalue weighted by Gasteiger charge is -2.53. The Hall–Kier alpha value is -1.57. The van der Waals surface area contributed by atoms with E-state index >= 15 is 0 Å². The van der Waals surface area contributed by atoms with E-state index in [4.69, 9.17) is 9.47 Å². The van der Waals surface area contributed by atoms with Crippen LogP contribution >= 0.6 is 11.3 Å². The van der Waals surface area contributed by atoms with Crippen LogP contribution in [0.1, 0.15) is 29.1 Å². The third-order valence-electron chi connectivity index (χ3n) is 4.70. The van der Waals surface area contributed by atoms with Crippen molar-refractivity contribution in [2.24, 2.45) is 0 Å². The van der Waals surface area contributed by atoms with Crippen LogP contribution in [0.25, 0.3) is 0 Å². The summed E-state index contributed by atoms with van der Waals surface area (Å²) in [6.07, 6.45) is 5.41. The fourth-order valence-electron chi connectivity index (χ4n) is 3.53. The summed E-state index contributed by atoms with van der Waals surface area (Å²) in [6, 6.07) is 0. The van der Waals surface area contributed by atoms with Crippen LogP contribution in [0.3, 0.4) is 0 Å². The highest BCUT2D eigenvalue weighted by molar-refractivity contribution is 7.09. The Labute approximate surface area is 145 Å². The van der Waals surface area contributed by atoms with E-state index < -0.39 is 0 Å². The number of aryl methyl sites for hydroxylation is 2. The molecule has 0 amide bonds. The van der Waals surface area contributed by atoms with Gasteiger partial charge in [0.2, 0.25) is 5.88 Å². The number of aromatic nitrogens is 3. The van der Waals surface area contributed by atoms with Gasteiger partial charge in [-0.2, -0.15) is 0 Å². The summed E-state index contributed by atoms with van der Waals surface area (Å²) in [7, 11) is 0. The fraction of sp³-hybridized carbons (Fsp3) is 0.588. The van der Waals surface area contributed by atoms with Crippen molar-refractivity contribution in [1.82, 2.24) is 19.9 Å². The molecule has 2 saturated heterocycles. The molecule has 2 aliphatic rings. The van der Waals surface area contributed by atoms with Gasteiger partial charge >= 0.3 is 0 Å². The SMILES string of the molecule is Cc1cncc(OC2CCOC3(C2)CN(Cc2scnc2C)C3)n1. The second-order valence-electron chi connectivity index (χ2n) is 6.77. The summed E-state index contributed by atoms with van der Waals surface area (Å²) < 4.78 is 12.2. The molecular formula is C17H22N4O2S. The summed E-state index contributed by atoms with van der Waals surface area (Å²) in [4.78, 5) is 16.6. The maximum atomic E-state index is 6.10. The monoisotopic (exact) mass is 346 g/mol. The van der Waals surface area contributed by atoms with E-state index in [0.29, 0.717) is 5.88 Å². The van der Waals surface area contributed by atoms with Crippen LogP contribution in [-0.2, 0) is 11.3 Å². The van der Waals surface area contributed by atoms with Gasteiger partial charge in [0.25, 0.3) is 0 Å². The molecule has 6 nitrogen and oxygen atoms in total. The van der Waals surface area contributed by atoms with E-state index in [1.807, 2.05) is 12.4 Å². The van der Waals surface area contributed by atoms with Gasteiger partial charge in [-0.15, -0.1) is 11.3 Å². The Morgan fingerprint density at radius 3 is 3.00 bits per heavy atom. The molecule has 2 aliphatic heterocycles. The zero-order valence-corrected chi connectivity index (χ0v) is 14.9. The second kappa shape index (κ2) is 6.38. The van der Waals surface area contributed by atoms with E-state index in [-0.39, 0.29) is 11.7 Å². The molecule has 2 aromatic heterocycles. The first kappa shape index (κ1) is 15.9. The van der Waals surface area contributed by atoms with Crippen molar-refractivity contribution in [3.05, 3.63) is 34.2 Å². The Morgan fingerprint density at radius 1 is 1.38 bits per heavy atom. The molecule has 2 fully saturated rings. The molecule has 2 aromatic rings. The number of thiazole rings is 1. The van der Waals surface area contributed by atoms with E-state index in [2.05, 4.69) is 26.8 Å². The van der Waals surface area contributed by atoms with Gasteiger partial charge in [-0.25, -0.2) is 9.97 Å². The van der Waals surface area contributed by atoms with Crippen LogP contribution in [0, 0.1) is 13.8 Å². The Kier molecular flexibility index (Phi) is 4.24. The number of hydrogen-bond acceptors (Lipinski definition) is 7. The van der Waals surface area contributed by atoms with Gasteiger partial charge in [0.05, 0.1) is 35.3 Å². The van der Waals surface area contributed by atoms with Crippen molar-refractivity contribution in [3.8, 4) is 5.88 Å². The second-order valence-corrected chi connectivity index (χ2v) is 7.71. The van der Waals surface area contributed by atoms with Crippen LogP contribution < -0.4 is 4.74 Å². The zero-order chi connectivity index (χ0) is 16.6. The summed E-state index contributed by atoms with van der Waals surface area (Å²) >= 11 is 1.73. The van der Waals surface area contributed by atoms with Gasteiger partial charge < -0.3 is 9.47 Å². The van der Waals surface area contributed by atoms with Crippen molar-refractivity contribution in [2.75, 3.05) is 19.7 Å². The quantitative estimate of drug-likeness (QED) is 0.847. The average Bonchev–Trinajstić information content (AvgIpc) is 2.91. The summed E-state index contributed by atoms with van der Waals surface area (Å²) in [5.74, 6) is 0.619. The molecule has 1 spiro atoms. The van der Waals surface area contributed by atoms with Crippen molar-refractivity contribution >= 4 is 11.3 Å². The maximum Gasteiger partial charge on any atom is 0.232 e. The fourth-order valence-corrected chi connectivity index (χ4v) is 4.35. The first-order valence-corrected chi connectivity index (χ1v) is 9.20. The largest absolute Gasteiger partial charge is 0.473 e. The molecule has 0 aliphatic carbocycles. The minimum Gasteiger partial charge on any atom is -0.473 e. The third kappa shape index (κ3) is 3.29. The normalized spacial score (nSPS) is 23.2. The van der Waals surface area contributed by atoms with Gasteiger partial charge in [-0.05, 0) is 13.8 Å². The van der Waals surface area contributed by atoms with E-state index in [9.17, 15) is 0 Å². The number of hydrogen-bond donors (Lipinski definition) is 0. The molecule has 0 radical (unpaired) electrons. The molecule has 1 unspecified atom stereocenters. The lowest BCUT2D eigenvalue weighted by molar-refractivity contribution is -0.188. The van der Waals surface area contributed by atoms with E-state index in [1.54, 1.807) is 23.7 Å². The first-order chi connectivity index (χ1) is 11.6. The Bertz CT molecular complexity index is 714.